The summed E-state index contributed by atoms with van der Waals surface area (Å²) in [6, 6.07) is -0.0278. The summed E-state index contributed by atoms with van der Waals surface area (Å²) in [6.07, 6.45) is 4.95. The van der Waals surface area contributed by atoms with Crippen LogP contribution in [0, 0.1) is 0 Å². The number of nitrogens with one attached hydrogen (secondary N) is 1. The van der Waals surface area contributed by atoms with Gasteiger partial charge in [0, 0.05) is 6.92 Å². The van der Waals surface area contributed by atoms with Crippen LogP contribution in [-0.4, -0.2) is 16.9 Å². The van der Waals surface area contributed by atoms with Crippen molar-refractivity contribution in [3.63, 3.8) is 0 Å². The van der Waals surface area contributed by atoms with Crippen LogP contribution >= 0.6 is 12.2 Å². The van der Waals surface area contributed by atoms with E-state index in [0.29, 0.717) is 0 Å². The Hall–Kier alpha value is -0.970. The van der Waals surface area contributed by atoms with Crippen molar-refractivity contribution in [2.45, 2.75) is 38.5 Å². The number of thiocarbonyl (C=S) groups is 1. The topological polar surface area (TPSA) is 56.5 Å². The molecular weight excluding hydrogens is 200 g/mol. The summed E-state index contributed by atoms with van der Waals surface area (Å²) in [7, 11) is 0. The Balaban J connectivity index is 2.61. The lowest BCUT2D eigenvalue weighted by Crippen LogP contribution is -2.53. The summed E-state index contributed by atoms with van der Waals surface area (Å²) in [6.45, 7) is 3.94. The Labute approximate surface area is 89.4 Å². The first-order valence-corrected chi connectivity index (χ1v) is 5.06. The van der Waals surface area contributed by atoms with E-state index < -0.39 is 5.79 Å². The van der Waals surface area contributed by atoms with Gasteiger partial charge in [-0.1, -0.05) is 13.3 Å². The van der Waals surface area contributed by atoms with Crippen molar-refractivity contribution in [3.8, 4) is 0 Å². The Morgan fingerprint density at radius 2 is 2.14 bits per heavy atom. The lowest BCUT2D eigenvalue weighted by Gasteiger charge is -2.32. The fourth-order valence-corrected chi connectivity index (χ4v) is 1.59. The van der Waals surface area contributed by atoms with Gasteiger partial charge in [-0.25, -0.2) is 0 Å². The zero-order chi connectivity index (χ0) is 10.6. The second-order valence-corrected chi connectivity index (χ2v) is 3.81. The van der Waals surface area contributed by atoms with E-state index in [4.69, 9.17) is 27.4 Å². The second-order valence-electron chi connectivity index (χ2n) is 3.37. The van der Waals surface area contributed by atoms with Gasteiger partial charge < -0.3 is 20.5 Å². The molecule has 0 spiro atoms. The van der Waals surface area contributed by atoms with E-state index in [-0.39, 0.29) is 11.2 Å². The number of nitrogens with two attached hydrogens (primary N) is 1. The average molecular weight is 216 g/mol. The molecule has 80 valence electrons. The van der Waals surface area contributed by atoms with Crippen molar-refractivity contribution in [2.24, 2.45) is 5.73 Å². The quantitative estimate of drug-likeness (QED) is 0.692. The minimum absolute atomic E-state index is 0.0278. The third kappa shape index (κ3) is 2.51. The number of ether oxygens (including phenoxy) is 2. The molecule has 1 heterocycles. The first-order valence-electron chi connectivity index (χ1n) is 4.65. The normalized spacial score (nSPS) is 19.6. The molecule has 0 aliphatic carbocycles. The predicted molar refractivity (Wildman–Crippen MR) is 58.3 cm³/mol. The summed E-state index contributed by atoms with van der Waals surface area (Å²) < 4.78 is 10.8. The molecule has 0 saturated heterocycles. The first kappa shape index (κ1) is 11.1. The number of hydrogen-bond acceptors (Lipinski definition) is 3. The fraction of sp³-hybridized carbons (Fsp3) is 0.667. The molecule has 0 radical (unpaired) electrons. The van der Waals surface area contributed by atoms with E-state index in [2.05, 4.69) is 12.2 Å². The van der Waals surface area contributed by atoms with Gasteiger partial charge in [0.2, 0.25) is 0 Å². The van der Waals surface area contributed by atoms with Crippen molar-refractivity contribution in [3.05, 3.63) is 12.5 Å². The van der Waals surface area contributed by atoms with Crippen LogP contribution in [0.4, 0.5) is 0 Å². The van der Waals surface area contributed by atoms with Gasteiger partial charge in [0.15, 0.2) is 5.11 Å². The van der Waals surface area contributed by atoms with E-state index in [1.165, 1.54) is 12.5 Å². The van der Waals surface area contributed by atoms with Crippen LogP contribution in [0.5, 0.6) is 0 Å². The van der Waals surface area contributed by atoms with Crippen molar-refractivity contribution in [1.82, 2.24) is 5.32 Å². The minimum atomic E-state index is -0.695. The highest BCUT2D eigenvalue weighted by Gasteiger charge is 2.39. The van der Waals surface area contributed by atoms with Crippen LogP contribution in [0.15, 0.2) is 12.5 Å². The van der Waals surface area contributed by atoms with Crippen LogP contribution in [0.3, 0.4) is 0 Å². The summed E-state index contributed by atoms with van der Waals surface area (Å²) in [4.78, 5) is 0. The molecule has 0 bridgehead atoms. The van der Waals surface area contributed by atoms with E-state index in [0.717, 1.165) is 12.8 Å². The molecule has 1 aliphatic heterocycles. The average Bonchev–Trinajstić information content (AvgIpc) is 2.52. The van der Waals surface area contributed by atoms with Crippen LogP contribution in [0.25, 0.3) is 0 Å². The molecule has 0 aromatic rings. The van der Waals surface area contributed by atoms with Crippen LogP contribution in [0.1, 0.15) is 26.7 Å². The molecule has 5 heteroatoms. The highest BCUT2D eigenvalue weighted by Crippen LogP contribution is 2.26. The Kier molecular flexibility index (Phi) is 3.57. The van der Waals surface area contributed by atoms with Crippen molar-refractivity contribution < 1.29 is 9.47 Å². The Bertz CT molecular complexity index is 235. The van der Waals surface area contributed by atoms with Gasteiger partial charge in [-0.3, -0.25) is 0 Å². The molecule has 1 aliphatic rings. The smallest absolute Gasteiger partial charge is 0.267 e. The Morgan fingerprint density at radius 3 is 2.57 bits per heavy atom. The molecule has 4 nitrogen and oxygen atoms in total. The predicted octanol–water partition coefficient (Wildman–Crippen LogP) is 1.22. The molecule has 0 saturated carbocycles. The zero-order valence-electron chi connectivity index (χ0n) is 8.45. The summed E-state index contributed by atoms with van der Waals surface area (Å²) in [5.41, 5.74) is 5.44. The van der Waals surface area contributed by atoms with Gasteiger partial charge in [-0.2, -0.15) is 0 Å². The minimum Gasteiger partial charge on any atom is -0.455 e. The van der Waals surface area contributed by atoms with Crippen molar-refractivity contribution in [2.75, 3.05) is 0 Å². The molecule has 3 N–H and O–H groups in total. The maximum absolute atomic E-state index is 5.44. The van der Waals surface area contributed by atoms with Gasteiger partial charge in [0.05, 0.1) is 0 Å². The lowest BCUT2D eigenvalue weighted by molar-refractivity contribution is -0.147. The van der Waals surface area contributed by atoms with Gasteiger partial charge in [-0.15, -0.1) is 0 Å². The molecule has 1 atom stereocenters. The third-order valence-electron chi connectivity index (χ3n) is 2.19. The van der Waals surface area contributed by atoms with E-state index in [9.17, 15) is 0 Å². The highest BCUT2D eigenvalue weighted by molar-refractivity contribution is 7.80. The van der Waals surface area contributed by atoms with E-state index in [1.54, 1.807) is 0 Å². The number of hydrogen-bond donors (Lipinski definition) is 2. The first-order chi connectivity index (χ1) is 6.58. The SMILES string of the molecule is CCCC(NC(N)=S)C1(C)OC=CO1. The van der Waals surface area contributed by atoms with Gasteiger partial charge in [0.1, 0.15) is 18.6 Å². The maximum Gasteiger partial charge on any atom is 0.267 e. The summed E-state index contributed by atoms with van der Waals surface area (Å²) in [5, 5.41) is 3.25. The largest absolute Gasteiger partial charge is 0.455 e. The monoisotopic (exact) mass is 216 g/mol. The lowest BCUT2D eigenvalue weighted by atomic mass is 10.0. The third-order valence-corrected chi connectivity index (χ3v) is 2.30. The summed E-state index contributed by atoms with van der Waals surface area (Å²) in [5.74, 6) is -0.695. The second kappa shape index (κ2) is 4.50. The van der Waals surface area contributed by atoms with Gasteiger partial charge in [0.25, 0.3) is 5.79 Å². The van der Waals surface area contributed by atoms with Crippen LogP contribution < -0.4 is 11.1 Å². The van der Waals surface area contributed by atoms with Crippen LogP contribution in [0.2, 0.25) is 0 Å². The molecule has 0 aromatic heterocycles. The molecule has 1 rings (SSSR count). The maximum atomic E-state index is 5.44. The van der Waals surface area contributed by atoms with Crippen molar-refractivity contribution >= 4 is 17.3 Å². The summed E-state index contributed by atoms with van der Waals surface area (Å²) >= 11 is 4.81. The van der Waals surface area contributed by atoms with E-state index >= 15 is 0 Å². The van der Waals surface area contributed by atoms with Gasteiger partial charge in [-0.05, 0) is 18.6 Å². The molecule has 0 amide bonds. The Morgan fingerprint density at radius 1 is 1.57 bits per heavy atom. The fourth-order valence-electron chi connectivity index (χ4n) is 1.44. The number of rotatable bonds is 4. The molecular formula is C9H16N2O2S. The molecule has 1 unspecified atom stereocenters. The molecule has 0 fully saturated rings. The van der Waals surface area contributed by atoms with Crippen molar-refractivity contribution in [1.29, 1.82) is 0 Å². The molecule has 14 heavy (non-hydrogen) atoms. The zero-order valence-corrected chi connectivity index (χ0v) is 9.26. The van der Waals surface area contributed by atoms with Gasteiger partial charge >= 0.3 is 0 Å². The van der Waals surface area contributed by atoms with Crippen LogP contribution in [-0.2, 0) is 9.47 Å². The highest BCUT2D eigenvalue weighted by atomic mass is 32.1. The molecule has 0 aromatic carbocycles. The standard InChI is InChI=1S/C9H16N2O2S/c1-3-4-7(11-8(10)14)9(2)12-5-6-13-9/h5-7H,3-4H2,1-2H3,(H3,10,11,14). The van der Waals surface area contributed by atoms with E-state index in [1.807, 2.05) is 6.92 Å².